The third-order valence-corrected chi connectivity index (χ3v) is 5.28. The molecule has 0 radical (unpaired) electrons. The molecular weight excluding hydrogens is 365 g/mol. The van der Waals surface area contributed by atoms with Crippen LogP contribution in [-0.2, 0) is 9.53 Å². The largest absolute Gasteiger partial charge is 0.466 e. The van der Waals surface area contributed by atoms with E-state index in [9.17, 15) is 18.8 Å². The maximum Gasteiger partial charge on any atom is 0.306 e. The number of benzene rings is 1. The molecule has 1 aliphatic rings. The van der Waals surface area contributed by atoms with Crippen LogP contribution in [-0.4, -0.2) is 25.0 Å². The second kappa shape index (κ2) is 8.54. The van der Waals surface area contributed by atoms with Crippen molar-refractivity contribution >= 4 is 22.8 Å². The number of halogens is 1. The Kier molecular flexibility index (Phi) is 6.11. The van der Waals surface area contributed by atoms with Crippen LogP contribution in [0.2, 0.25) is 0 Å². The van der Waals surface area contributed by atoms with Gasteiger partial charge in [0.2, 0.25) is 0 Å². The molecule has 1 amide bonds. The van der Waals surface area contributed by atoms with Crippen molar-refractivity contribution in [3.8, 4) is 0 Å². The summed E-state index contributed by atoms with van der Waals surface area (Å²) >= 11 is 0. The summed E-state index contributed by atoms with van der Waals surface area (Å²) in [7, 11) is 0. The first kappa shape index (κ1) is 20.0. The maximum atomic E-state index is 13.3. The van der Waals surface area contributed by atoms with Crippen molar-refractivity contribution in [3.05, 3.63) is 46.1 Å². The Morgan fingerprint density at radius 1 is 1.21 bits per heavy atom. The van der Waals surface area contributed by atoms with Gasteiger partial charge in [0.15, 0.2) is 11.2 Å². The highest BCUT2D eigenvalue weighted by molar-refractivity contribution is 5.93. The first-order valence-corrected chi connectivity index (χ1v) is 9.60. The highest BCUT2D eigenvalue weighted by Gasteiger charge is 2.35. The lowest BCUT2D eigenvalue weighted by molar-refractivity contribution is -0.146. The van der Waals surface area contributed by atoms with Gasteiger partial charge in [-0.25, -0.2) is 4.39 Å². The fraction of sp³-hybridized carbons (Fsp3) is 0.476. The van der Waals surface area contributed by atoms with Crippen molar-refractivity contribution in [2.24, 2.45) is 5.41 Å². The number of fused-ring (bicyclic) bond motifs is 1. The molecule has 1 fully saturated rings. The van der Waals surface area contributed by atoms with Crippen LogP contribution in [0.4, 0.5) is 4.39 Å². The molecule has 1 heterocycles. The Morgan fingerprint density at radius 2 is 1.96 bits per heavy atom. The molecule has 0 saturated heterocycles. The van der Waals surface area contributed by atoms with Crippen molar-refractivity contribution in [1.82, 2.24) is 5.32 Å². The first-order chi connectivity index (χ1) is 13.4. The van der Waals surface area contributed by atoms with Crippen LogP contribution in [0.3, 0.4) is 0 Å². The van der Waals surface area contributed by atoms with E-state index in [4.69, 9.17) is 9.15 Å². The van der Waals surface area contributed by atoms with Gasteiger partial charge in [-0.3, -0.25) is 14.4 Å². The molecule has 1 N–H and O–H groups in total. The van der Waals surface area contributed by atoms with Crippen LogP contribution in [0.5, 0.6) is 0 Å². The van der Waals surface area contributed by atoms with E-state index in [0.29, 0.717) is 13.2 Å². The molecule has 1 aliphatic carbocycles. The van der Waals surface area contributed by atoms with Crippen LogP contribution < -0.4 is 10.7 Å². The average Bonchev–Trinajstić information content (AvgIpc) is 2.67. The molecule has 2 aromatic rings. The second-order valence-electron chi connectivity index (χ2n) is 7.34. The molecule has 0 unspecified atom stereocenters. The van der Waals surface area contributed by atoms with Gasteiger partial charge in [0.05, 0.1) is 18.4 Å². The number of amides is 1. The maximum absolute atomic E-state index is 13.3. The van der Waals surface area contributed by atoms with Crippen LogP contribution >= 0.6 is 0 Å². The molecule has 28 heavy (non-hydrogen) atoms. The van der Waals surface area contributed by atoms with Crippen LogP contribution in [0.15, 0.2) is 33.5 Å². The molecule has 1 saturated carbocycles. The van der Waals surface area contributed by atoms with Crippen LogP contribution in [0.1, 0.15) is 56.0 Å². The lowest BCUT2D eigenvalue weighted by atomic mass is 9.71. The number of carbonyl (C=O) groups excluding carboxylic acids is 2. The molecule has 0 spiro atoms. The molecule has 1 aromatic heterocycles. The topological polar surface area (TPSA) is 85.6 Å². The van der Waals surface area contributed by atoms with Gasteiger partial charge >= 0.3 is 5.97 Å². The summed E-state index contributed by atoms with van der Waals surface area (Å²) in [6.45, 7) is 2.39. The minimum Gasteiger partial charge on any atom is -0.466 e. The van der Waals surface area contributed by atoms with E-state index in [1.54, 1.807) is 6.92 Å². The molecule has 1 aromatic carbocycles. The van der Waals surface area contributed by atoms with Crippen molar-refractivity contribution in [1.29, 1.82) is 0 Å². The minimum atomic E-state index is -0.546. The van der Waals surface area contributed by atoms with E-state index >= 15 is 0 Å². The normalized spacial score (nSPS) is 15.9. The fourth-order valence-electron chi connectivity index (χ4n) is 3.83. The van der Waals surface area contributed by atoms with Gasteiger partial charge in [0.25, 0.3) is 5.91 Å². The molecule has 6 nitrogen and oxygen atoms in total. The van der Waals surface area contributed by atoms with E-state index < -0.39 is 17.2 Å². The number of ether oxygens (including phenoxy) is 1. The highest BCUT2D eigenvalue weighted by Crippen LogP contribution is 2.39. The average molecular weight is 389 g/mol. The van der Waals surface area contributed by atoms with Gasteiger partial charge in [-0.2, -0.15) is 0 Å². The van der Waals surface area contributed by atoms with Crippen LogP contribution in [0.25, 0.3) is 11.0 Å². The Balaban J connectivity index is 1.75. The lowest BCUT2D eigenvalue weighted by Crippen LogP contribution is -2.41. The summed E-state index contributed by atoms with van der Waals surface area (Å²) in [6, 6.07) is 4.64. The Bertz CT molecular complexity index is 930. The van der Waals surface area contributed by atoms with Crippen molar-refractivity contribution < 1.29 is 23.1 Å². The van der Waals surface area contributed by atoms with E-state index in [0.717, 1.165) is 44.2 Å². The number of nitrogens with one attached hydrogen (secondary N) is 1. The summed E-state index contributed by atoms with van der Waals surface area (Å²) in [6.07, 6.45) is 4.99. The smallest absolute Gasteiger partial charge is 0.306 e. The summed E-state index contributed by atoms with van der Waals surface area (Å²) in [4.78, 5) is 36.8. The molecular formula is C21H24FNO5. The molecule has 0 bridgehead atoms. The molecule has 150 valence electrons. The molecule has 0 aliphatic heterocycles. The predicted octanol–water partition coefficient (Wildman–Crippen LogP) is 3.57. The molecule has 3 rings (SSSR count). The summed E-state index contributed by atoms with van der Waals surface area (Å²) in [5.74, 6) is -1.48. The number of hydrogen-bond acceptors (Lipinski definition) is 5. The van der Waals surface area contributed by atoms with Gasteiger partial charge in [0, 0.05) is 12.6 Å². The number of hydrogen-bond donors (Lipinski definition) is 1. The number of rotatable bonds is 6. The van der Waals surface area contributed by atoms with Gasteiger partial charge < -0.3 is 14.5 Å². The van der Waals surface area contributed by atoms with Crippen LogP contribution in [0, 0.1) is 11.2 Å². The summed E-state index contributed by atoms with van der Waals surface area (Å²) < 4.78 is 23.9. The van der Waals surface area contributed by atoms with Crippen molar-refractivity contribution in [3.63, 3.8) is 0 Å². The number of carbonyl (C=O) groups is 2. The van der Waals surface area contributed by atoms with Gasteiger partial charge in [-0.15, -0.1) is 0 Å². The number of esters is 1. The predicted molar refractivity (Wildman–Crippen MR) is 102 cm³/mol. The third-order valence-electron chi connectivity index (χ3n) is 5.28. The minimum absolute atomic E-state index is 0.0858. The van der Waals surface area contributed by atoms with Crippen molar-refractivity contribution in [2.75, 3.05) is 13.2 Å². The quantitative estimate of drug-likeness (QED) is 0.764. The zero-order chi connectivity index (χ0) is 20.1. The fourth-order valence-corrected chi connectivity index (χ4v) is 3.83. The highest BCUT2D eigenvalue weighted by atomic mass is 19.1. The van der Waals surface area contributed by atoms with Gasteiger partial charge in [-0.1, -0.05) is 19.3 Å². The Hall–Kier alpha value is -2.70. The van der Waals surface area contributed by atoms with Crippen molar-refractivity contribution in [2.45, 2.75) is 45.4 Å². The van der Waals surface area contributed by atoms with E-state index in [-0.39, 0.29) is 34.5 Å². The summed E-state index contributed by atoms with van der Waals surface area (Å²) in [5, 5.41) is 2.89. The van der Waals surface area contributed by atoms with E-state index in [2.05, 4.69) is 5.32 Å². The Morgan fingerprint density at radius 3 is 2.68 bits per heavy atom. The standard InChI is InChI=1S/C21H24FNO5/c1-2-27-19(25)12-21(8-4-3-5-9-21)13-23-20(26)18-11-16(24)15-10-14(22)6-7-17(15)28-18/h6-7,10-11H,2-5,8-9,12-13H2,1H3,(H,23,26). The monoisotopic (exact) mass is 389 g/mol. The third kappa shape index (κ3) is 4.58. The second-order valence-corrected chi connectivity index (χ2v) is 7.34. The zero-order valence-corrected chi connectivity index (χ0v) is 15.9. The SMILES string of the molecule is CCOC(=O)CC1(CNC(=O)c2cc(=O)c3cc(F)ccc3o2)CCCCC1. The van der Waals surface area contributed by atoms with E-state index in [1.807, 2.05) is 0 Å². The zero-order valence-electron chi connectivity index (χ0n) is 15.9. The van der Waals surface area contributed by atoms with E-state index in [1.165, 1.54) is 12.1 Å². The summed E-state index contributed by atoms with van der Waals surface area (Å²) in [5.41, 5.74) is -0.678. The first-order valence-electron chi connectivity index (χ1n) is 9.60. The van der Waals surface area contributed by atoms with Gasteiger partial charge in [0.1, 0.15) is 11.4 Å². The Labute approximate surface area is 162 Å². The lowest BCUT2D eigenvalue weighted by Gasteiger charge is -2.36. The van der Waals surface area contributed by atoms with Gasteiger partial charge in [-0.05, 0) is 43.4 Å². The molecule has 7 heteroatoms. The molecule has 0 atom stereocenters.